The summed E-state index contributed by atoms with van der Waals surface area (Å²) in [5.74, 6) is -1.46. The van der Waals surface area contributed by atoms with Gasteiger partial charge in [-0.15, -0.1) is 0 Å². The zero-order valence-electron chi connectivity index (χ0n) is 23.0. The molecule has 10 nitrogen and oxygen atoms in total. The Balaban J connectivity index is 1.56. The van der Waals surface area contributed by atoms with Crippen molar-refractivity contribution < 1.29 is 32.5 Å². The first-order chi connectivity index (χ1) is 19.9. The van der Waals surface area contributed by atoms with Gasteiger partial charge in [-0.2, -0.15) is 0 Å². The number of halogens is 2. The first-order valence-electron chi connectivity index (χ1n) is 13.5. The average molecular weight is 570 g/mol. The zero-order chi connectivity index (χ0) is 28.9. The van der Waals surface area contributed by atoms with Gasteiger partial charge in [-0.25, -0.2) is 23.7 Å². The van der Waals surface area contributed by atoms with Crippen molar-refractivity contribution in [2.75, 3.05) is 51.3 Å². The van der Waals surface area contributed by atoms with Gasteiger partial charge in [-0.05, 0) is 37.3 Å². The van der Waals surface area contributed by atoms with Gasteiger partial charge in [0.15, 0.2) is 34.7 Å². The van der Waals surface area contributed by atoms with E-state index in [0.29, 0.717) is 61.9 Å². The second kappa shape index (κ2) is 12.7. The molecule has 218 valence electrons. The highest BCUT2D eigenvalue weighted by Gasteiger charge is 2.29. The molecule has 5 rings (SSSR count). The van der Waals surface area contributed by atoms with Crippen LogP contribution < -0.4 is 20.1 Å². The minimum Gasteiger partial charge on any atom is -0.494 e. The normalized spacial score (nSPS) is 19.5. The Labute approximate surface area is 236 Å². The summed E-state index contributed by atoms with van der Waals surface area (Å²) in [5.41, 5.74) is 0.130. The Morgan fingerprint density at radius 3 is 2.44 bits per heavy atom. The number of allylic oxidation sites excluding steroid dienone is 1. The Hall–Kier alpha value is -3.90. The van der Waals surface area contributed by atoms with E-state index in [1.54, 1.807) is 6.20 Å². The van der Waals surface area contributed by atoms with E-state index in [2.05, 4.69) is 27.2 Å². The predicted octanol–water partition coefficient (Wildman–Crippen LogP) is 4.54. The number of rotatable bonds is 10. The number of ether oxygens (including phenoxy) is 4. The van der Waals surface area contributed by atoms with E-state index in [1.165, 1.54) is 26.4 Å². The number of nitrogens with zero attached hydrogens (tertiary/aromatic N) is 3. The minimum absolute atomic E-state index is 0.0247. The quantitative estimate of drug-likeness (QED) is 0.337. The number of hydrogen-bond acceptors (Lipinski definition) is 10. The molecule has 0 bridgehead atoms. The third-order valence-electron chi connectivity index (χ3n) is 7.46. The summed E-state index contributed by atoms with van der Waals surface area (Å²) in [5, 5.41) is 7.24. The third-order valence-corrected chi connectivity index (χ3v) is 7.46. The second-order valence-corrected chi connectivity index (χ2v) is 10.1. The number of pyridine rings is 1. The van der Waals surface area contributed by atoms with Gasteiger partial charge < -0.3 is 29.6 Å². The number of benzene rings is 1. The van der Waals surface area contributed by atoms with Gasteiger partial charge in [-0.3, -0.25) is 4.79 Å². The molecule has 2 aliphatic rings. The maximum Gasteiger partial charge on any atom is 0.223 e. The van der Waals surface area contributed by atoms with Crippen LogP contribution in [0.2, 0.25) is 0 Å². The van der Waals surface area contributed by atoms with E-state index in [9.17, 15) is 4.79 Å². The van der Waals surface area contributed by atoms with Crippen molar-refractivity contribution >= 4 is 28.5 Å². The molecule has 12 heteroatoms. The highest BCUT2D eigenvalue weighted by molar-refractivity contribution is 5.92. The second-order valence-electron chi connectivity index (χ2n) is 10.1. The van der Waals surface area contributed by atoms with E-state index < -0.39 is 11.6 Å². The number of anilines is 2. The molecular formula is C29H33F2N5O5. The number of carbonyl (C=O) groups is 1. The van der Waals surface area contributed by atoms with Crippen LogP contribution in [0.3, 0.4) is 0 Å². The average Bonchev–Trinajstić information content (AvgIpc) is 2.99. The molecule has 2 saturated heterocycles. The van der Waals surface area contributed by atoms with Crippen molar-refractivity contribution in [2.45, 2.75) is 37.8 Å². The van der Waals surface area contributed by atoms with E-state index in [-0.39, 0.29) is 46.5 Å². The molecular weight excluding hydrogens is 536 g/mol. The van der Waals surface area contributed by atoms with E-state index >= 15 is 8.78 Å². The largest absolute Gasteiger partial charge is 0.494 e. The fourth-order valence-corrected chi connectivity index (χ4v) is 5.18. The third kappa shape index (κ3) is 6.23. The van der Waals surface area contributed by atoms with Gasteiger partial charge in [0.2, 0.25) is 5.95 Å². The van der Waals surface area contributed by atoms with Gasteiger partial charge in [0, 0.05) is 49.9 Å². The Morgan fingerprint density at radius 1 is 1.05 bits per heavy atom. The molecule has 3 aromatic rings. The van der Waals surface area contributed by atoms with Crippen molar-refractivity contribution in [3.63, 3.8) is 0 Å². The van der Waals surface area contributed by atoms with Crippen LogP contribution in [0.5, 0.6) is 11.5 Å². The summed E-state index contributed by atoms with van der Waals surface area (Å²) >= 11 is 0. The SMILES string of the molecule is C=CC(=O)C[C@H]1CCOC[C@H]1Nc1ncc2cc(-c3c(F)c(OC)cc(OC)c3F)nc(NC3CCOCC3)c2n1. The Kier molecular flexibility index (Phi) is 8.89. The lowest BCUT2D eigenvalue weighted by Gasteiger charge is -2.31. The number of hydrogen-bond donors (Lipinski definition) is 2. The van der Waals surface area contributed by atoms with Gasteiger partial charge in [0.25, 0.3) is 0 Å². The van der Waals surface area contributed by atoms with Gasteiger partial charge in [0.1, 0.15) is 5.52 Å². The van der Waals surface area contributed by atoms with Crippen molar-refractivity contribution in [3.05, 3.63) is 42.6 Å². The number of ketones is 1. The van der Waals surface area contributed by atoms with E-state index in [0.717, 1.165) is 18.9 Å². The van der Waals surface area contributed by atoms with Crippen LogP contribution in [0.15, 0.2) is 31.0 Å². The maximum absolute atomic E-state index is 15.4. The van der Waals surface area contributed by atoms with Crippen LogP contribution in [-0.2, 0) is 14.3 Å². The molecule has 0 saturated carbocycles. The molecule has 41 heavy (non-hydrogen) atoms. The number of nitrogens with one attached hydrogen (secondary N) is 2. The van der Waals surface area contributed by atoms with Crippen molar-refractivity contribution in [3.8, 4) is 22.8 Å². The number of aromatic nitrogens is 3. The summed E-state index contributed by atoms with van der Waals surface area (Å²) in [4.78, 5) is 25.9. The van der Waals surface area contributed by atoms with E-state index in [4.69, 9.17) is 23.9 Å². The summed E-state index contributed by atoms with van der Waals surface area (Å²) in [6.45, 7) is 5.71. The smallest absolute Gasteiger partial charge is 0.223 e. The summed E-state index contributed by atoms with van der Waals surface area (Å²) < 4.78 is 52.2. The molecule has 2 atom stereocenters. The fraction of sp³-hybridized carbons (Fsp3) is 0.448. The van der Waals surface area contributed by atoms with Crippen molar-refractivity contribution in [2.24, 2.45) is 5.92 Å². The van der Waals surface area contributed by atoms with Gasteiger partial charge in [-0.1, -0.05) is 6.58 Å². The molecule has 0 radical (unpaired) electrons. The Bertz CT molecular complexity index is 1400. The fourth-order valence-electron chi connectivity index (χ4n) is 5.18. The van der Waals surface area contributed by atoms with Crippen LogP contribution >= 0.6 is 0 Å². The van der Waals surface area contributed by atoms with Crippen molar-refractivity contribution in [1.82, 2.24) is 15.0 Å². The molecule has 2 N–H and O–H groups in total. The monoisotopic (exact) mass is 569 g/mol. The maximum atomic E-state index is 15.4. The summed E-state index contributed by atoms with van der Waals surface area (Å²) in [6.07, 6.45) is 5.44. The number of carbonyl (C=O) groups excluding carboxylic acids is 1. The zero-order valence-corrected chi connectivity index (χ0v) is 23.0. The lowest BCUT2D eigenvalue weighted by molar-refractivity contribution is -0.116. The number of fused-ring (bicyclic) bond motifs is 1. The van der Waals surface area contributed by atoms with Crippen LogP contribution in [-0.4, -0.2) is 73.5 Å². The van der Waals surface area contributed by atoms with Gasteiger partial charge in [0.05, 0.1) is 38.1 Å². The molecule has 4 heterocycles. The van der Waals surface area contributed by atoms with Crippen LogP contribution in [0.25, 0.3) is 22.2 Å². The summed E-state index contributed by atoms with van der Waals surface area (Å²) in [7, 11) is 2.59. The molecule has 2 aliphatic heterocycles. The van der Waals surface area contributed by atoms with Crippen LogP contribution in [0.4, 0.5) is 20.5 Å². The lowest BCUT2D eigenvalue weighted by Crippen LogP contribution is -2.40. The minimum atomic E-state index is -0.897. The lowest BCUT2D eigenvalue weighted by atomic mass is 9.90. The van der Waals surface area contributed by atoms with E-state index in [1.807, 2.05) is 0 Å². The Morgan fingerprint density at radius 2 is 1.76 bits per heavy atom. The molecule has 1 aromatic carbocycles. The standard InChI is InChI=1S/C29H33F2N5O5/c1-4-19(37)11-16-5-8-41-15-21(16)35-29-32-14-17-12-20(24-25(30)22(38-2)13-23(39-3)26(24)31)34-28(27(17)36-29)33-18-6-9-40-10-7-18/h4,12-14,16,18,21H,1,5-11,15H2,2-3H3,(H,33,34)(H,32,35,36)/t16-,21-/m1/s1. The van der Waals surface area contributed by atoms with Crippen LogP contribution in [0, 0.1) is 17.6 Å². The molecule has 2 aromatic heterocycles. The highest BCUT2D eigenvalue weighted by Crippen LogP contribution is 2.39. The molecule has 0 unspecified atom stereocenters. The number of methoxy groups -OCH3 is 2. The van der Waals surface area contributed by atoms with Crippen molar-refractivity contribution in [1.29, 1.82) is 0 Å². The first-order valence-corrected chi connectivity index (χ1v) is 13.5. The van der Waals surface area contributed by atoms with Crippen LogP contribution in [0.1, 0.15) is 25.7 Å². The molecule has 2 fully saturated rings. The first kappa shape index (κ1) is 28.6. The highest BCUT2D eigenvalue weighted by atomic mass is 19.1. The molecule has 0 spiro atoms. The molecule has 0 aliphatic carbocycles. The topological polar surface area (TPSA) is 117 Å². The predicted molar refractivity (Wildman–Crippen MR) is 149 cm³/mol. The van der Waals surface area contributed by atoms with Gasteiger partial charge >= 0.3 is 0 Å². The summed E-state index contributed by atoms with van der Waals surface area (Å²) in [6, 6.07) is 2.53. The molecule has 0 amide bonds.